The minimum atomic E-state index is -0.688. The molecule has 0 saturated heterocycles. The fourth-order valence-corrected chi connectivity index (χ4v) is 2.29. The Hall–Kier alpha value is -2.82. The molecule has 0 aliphatic rings. The van der Waals surface area contributed by atoms with Gasteiger partial charge in [-0.15, -0.1) is 0 Å². The highest BCUT2D eigenvalue weighted by Crippen LogP contribution is 2.26. The molecule has 0 radical (unpaired) electrons. The minimum Gasteiger partial charge on any atom is -0.481 e. The van der Waals surface area contributed by atoms with Crippen LogP contribution in [0.5, 0.6) is 5.75 Å². The number of nitrogens with one attached hydrogen (secondary N) is 1. The molecule has 0 aliphatic carbocycles. The van der Waals surface area contributed by atoms with Gasteiger partial charge in [-0.25, -0.2) is 0 Å². The second-order valence-corrected chi connectivity index (χ2v) is 6.97. The maximum Gasteiger partial charge on any atom is 0.265 e. The molecule has 5 nitrogen and oxygen atoms in total. The van der Waals surface area contributed by atoms with Crippen LogP contribution in [0.4, 0.5) is 5.69 Å². The highest BCUT2D eigenvalue weighted by atomic mass is 16.5. The van der Waals surface area contributed by atoms with Crippen molar-refractivity contribution >= 4 is 17.5 Å². The normalized spacial score (nSPS) is 12.3. The zero-order valence-electron chi connectivity index (χ0n) is 15.0. The number of carbonyl (C=O) groups excluding carboxylic acids is 2. The summed E-state index contributed by atoms with van der Waals surface area (Å²) in [5, 5.41) is 2.73. The summed E-state index contributed by atoms with van der Waals surface area (Å²) >= 11 is 0. The second-order valence-electron chi connectivity index (χ2n) is 6.97. The molecule has 0 heterocycles. The monoisotopic (exact) mass is 340 g/mol. The predicted molar refractivity (Wildman–Crippen MR) is 98.8 cm³/mol. The fraction of sp³-hybridized carbons (Fsp3) is 0.300. The summed E-state index contributed by atoms with van der Waals surface area (Å²) in [5.74, 6) is -0.205. The van der Waals surface area contributed by atoms with Crippen LogP contribution in [-0.2, 0) is 10.2 Å². The Kier molecular flexibility index (Phi) is 5.47. The summed E-state index contributed by atoms with van der Waals surface area (Å²) in [5.41, 5.74) is 7.22. The molecule has 2 amide bonds. The number of amides is 2. The highest BCUT2D eigenvalue weighted by Gasteiger charge is 2.18. The molecule has 1 unspecified atom stereocenters. The summed E-state index contributed by atoms with van der Waals surface area (Å²) in [7, 11) is 0. The number of carbonyl (C=O) groups is 2. The van der Waals surface area contributed by atoms with Crippen LogP contribution in [0.15, 0.2) is 48.5 Å². The number of hydrogen-bond acceptors (Lipinski definition) is 3. The summed E-state index contributed by atoms with van der Waals surface area (Å²) in [6, 6.07) is 14.2. The third-order valence-electron chi connectivity index (χ3n) is 3.80. The Morgan fingerprint density at radius 3 is 2.40 bits per heavy atom. The van der Waals surface area contributed by atoms with Gasteiger partial charge in [-0.1, -0.05) is 39.0 Å². The van der Waals surface area contributed by atoms with Gasteiger partial charge in [0.1, 0.15) is 5.75 Å². The van der Waals surface area contributed by atoms with Crippen molar-refractivity contribution in [1.82, 2.24) is 0 Å². The summed E-state index contributed by atoms with van der Waals surface area (Å²) in [4.78, 5) is 23.5. The number of rotatable bonds is 5. The second kappa shape index (κ2) is 7.38. The quantitative estimate of drug-likeness (QED) is 0.874. The smallest absolute Gasteiger partial charge is 0.265 e. The zero-order valence-corrected chi connectivity index (χ0v) is 15.0. The molecule has 0 bridgehead atoms. The maximum atomic E-state index is 12.3. The fourth-order valence-electron chi connectivity index (χ4n) is 2.29. The average molecular weight is 340 g/mol. The lowest BCUT2D eigenvalue weighted by Gasteiger charge is -2.21. The molecule has 2 aromatic rings. The van der Waals surface area contributed by atoms with Crippen LogP contribution in [-0.4, -0.2) is 17.9 Å². The van der Waals surface area contributed by atoms with Gasteiger partial charge in [0.05, 0.1) is 0 Å². The maximum absolute atomic E-state index is 12.3. The van der Waals surface area contributed by atoms with Crippen LogP contribution in [0.2, 0.25) is 0 Å². The first-order valence-electron chi connectivity index (χ1n) is 8.15. The number of nitrogens with two attached hydrogens (primary N) is 1. The summed E-state index contributed by atoms with van der Waals surface area (Å²) in [6.07, 6.45) is -0.688. The van der Waals surface area contributed by atoms with Crippen molar-refractivity contribution in [2.75, 3.05) is 5.32 Å². The van der Waals surface area contributed by atoms with E-state index in [1.54, 1.807) is 25.1 Å². The topological polar surface area (TPSA) is 81.4 Å². The van der Waals surface area contributed by atoms with Gasteiger partial charge < -0.3 is 15.8 Å². The van der Waals surface area contributed by atoms with Crippen LogP contribution in [0.1, 0.15) is 43.6 Å². The lowest BCUT2D eigenvalue weighted by atomic mass is 9.87. The molecule has 2 rings (SSSR count). The van der Waals surface area contributed by atoms with Crippen molar-refractivity contribution in [2.45, 2.75) is 39.2 Å². The summed E-state index contributed by atoms with van der Waals surface area (Å²) in [6.45, 7) is 8.03. The molecule has 0 aromatic heterocycles. The zero-order chi connectivity index (χ0) is 18.6. The standard InChI is InChI=1S/C20H24N2O3/c1-13(25-17-10-6-8-15(12-17)20(2,3)4)19(24)22-16-9-5-7-14(11-16)18(21)23/h5-13H,1-4H3,(H2,21,23)(H,22,24). The molecule has 132 valence electrons. The first-order valence-corrected chi connectivity index (χ1v) is 8.15. The Morgan fingerprint density at radius 2 is 1.76 bits per heavy atom. The van der Waals surface area contributed by atoms with Gasteiger partial charge >= 0.3 is 0 Å². The van der Waals surface area contributed by atoms with Crippen molar-refractivity contribution in [3.05, 3.63) is 59.7 Å². The van der Waals surface area contributed by atoms with Crippen LogP contribution in [0.3, 0.4) is 0 Å². The van der Waals surface area contributed by atoms with Crippen LogP contribution >= 0.6 is 0 Å². The van der Waals surface area contributed by atoms with Crippen molar-refractivity contribution in [2.24, 2.45) is 5.73 Å². The molecule has 0 fully saturated rings. The van der Waals surface area contributed by atoms with E-state index >= 15 is 0 Å². The number of primary amides is 1. The van der Waals surface area contributed by atoms with Crippen molar-refractivity contribution < 1.29 is 14.3 Å². The van der Waals surface area contributed by atoms with Gasteiger partial charge in [0.15, 0.2) is 6.10 Å². The van der Waals surface area contributed by atoms with E-state index in [0.29, 0.717) is 17.0 Å². The van der Waals surface area contributed by atoms with E-state index in [1.807, 2.05) is 24.3 Å². The van der Waals surface area contributed by atoms with Gasteiger partial charge in [-0.3, -0.25) is 9.59 Å². The number of hydrogen-bond donors (Lipinski definition) is 2. The highest BCUT2D eigenvalue weighted by molar-refractivity contribution is 5.97. The van der Waals surface area contributed by atoms with Crippen LogP contribution in [0.25, 0.3) is 0 Å². The molecule has 0 spiro atoms. The van der Waals surface area contributed by atoms with Crippen LogP contribution < -0.4 is 15.8 Å². The molecule has 0 saturated carbocycles. The average Bonchev–Trinajstić information content (AvgIpc) is 2.54. The Balaban J connectivity index is 2.06. The minimum absolute atomic E-state index is 0.0000670. The molecular weight excluding hydrogens is 316 g/mol. The van der Waals surface area contributed by atoms with Gasteiger partial charge in [0.25, 0.3) is 5.91 Å². The molecule has 2 aromatic carbocycles. The first kappa shape index (κ1) is 18.5. The van der Waals surface area contributed by atoms with Gasteiger partial charge in [-0.2, -0.15) is 0 Å². The Morgan fingerprint density at radius 1 is 1.08 bits per heavy atom. The van der Waals surface area contributed by atoms with E-state index in [9.17, 15) is 9.59 Å². The number of ether oxygens (including phenoxy) is 1. The molecule has 5 heteroatoms. The molecule has 3 N–H and O–H groups in total. The lowest BCUT2D eigenvalue weighted by molar-refractivity contribution is -0.122. The SMILES string of the molecule is CC(Oc1cccc(C(C)(C)C)c1)C(=O)Nc1cccc(C(N)=O)c1. The van der Waals surface area contributed by atoms with E-state index in [4.69, 9.17) is 10.5 Å². The predicted octanol–water partition coefficient (Wildman–Crippen LogP) is 3.49. The Bertz CT molecular complexity index is 779. The van der Waals surface area contributed by atoms with E-state index in [-0.39, 0.29) is 11.3 Å². The van der Waals surface area contributed by atoms with Crippen LogP contribution in [0, 0.1) is 0 Å². The van der Waals surface area contributed by atoms with E-state index in [0.717, 1.165) is 5.56 Å². The largest absolute Gasteiger partial charge is 0.481 e. The third kappa shape index (κ3) is 5.08. The molecule has 1 atom stereocenters. The van der Waals surface area contributed by atoms with Crippen molar-refractivity contribution in [1.29, 1.82) is 0 Å². The van der Waals surface area contributed by atoms with E-state index < -0.39 is 12.0 Å². The van der Waals surface area contributed by atoms with E-state index in [1.165, 1.54) is 6.07 Å². The van der Waals surface area contributed by atoms with Gasteiger partial charge in [0.2, 0.25) is 5.91 Å². The first-order chi connectivity index (χ1) is 11.7. The van der Waals surface area contributed by atoms with Crippen molar-refractivity contribution in [3.8, 4) is 5.75 Å². The third-order valence-corrected chi connectivity index (χ3v) is 3.80. The number of benzene rings is 2. The van der Waals surface area contributed by atoms with Gasteiger partial charge in [-0.05, 0) is 48.2 Å². The molecular formula is C20H24N2O3. The Labute approximate surface area is 148 Å². The number of anilines is 1. The summed E-state index contributed by atoms with van der Waals surface area (Å²) < 4.78 is 5.76. The molecule has 0 aliphatic heterocycles. The lowest BCUT2D eigenvalue weighted by Crippen LogP contribution is -2.30. The van der Waals surface area contributed by atoms with Crippen molar-refractivity contribution in [3.63, 3.8) is 0 Å². The van der Waals surface area contributed by atoms with Gasteiger partial charge in [0, 0.05) is 11.3 Å². The molecule has 25 heavy (non-hydrogen) atoms. The van der Waals surface area contributed by atoms with E-state index in [2.05, 4.69) is 26.1 Å².